The lowest BCUT2D eigenvalue weighted by molar-refractivity contribution is -0.167. The number of ether oxygens (including phenoxy) is 3. The molecule has 404 valence electrons. The molecule has 0 aromatic heterocycles. The highest BCUT2D eigenvalue weighted by Crippen LogP contribution is 2.19. The second-order valence-electron chi connectivity index (χ2n) is 22.1. The molecular formula is C62H120O6. The molecule has 0 fully saturated rings. The van der Waals surface area contributed by atoms with Gasteiger partial charge in [-0.2, -0.15) is 0 Å². The molecule has 0 N–H and O–H groups in total. The largest absolute Gasteiger partial charge is 0.462 e. The van der Waals surface area contributed by atoms with Crippen LogP contribution in [0.4, 0.5) is 0 Å². The first kappa shape index (κ1) is 66.4. The van der Waals surface area contributed by atoms with E-state index in [0.717, 1.165) is 69.6 Å². The second-order valence-corrected chi connectivity index (χ2v) is 22.1. The number of carbonyl (C=O) groups is 3. The van der Waals surface area contributed by atoms with Crippen molar-refractivity contribution in [2.75, 3.05) is 13.2 Å². The van der Waals surface area contributed by atoms with Crippen molar-refractivity contribution < 1.29 is 28.6 Å². The molecule has 6 nitrogen and oxygen atoms in total. The number of hydrogen-bond acceptors (Lipinski definition) is 6. The Kier molecular flexibility index (Phi) is 53.5. The molecule has 0 rings (SSSR count). The van der Waals surface area contributed by atoms with Crippen LogP contribution in [0.2, 0.25) is 0 Å². The van der Waals surface area contributed by atoms with Crippen molar-refractivity contribution in [2.45, 2.75) is 355 Å². The van der Waals surface area contributed by atoms with E-state index in [1.807, 2.05) is 0 Å². The highest BCUT2D eigenvalue weighted by molar-refractivity contribution is 5.71. The van der Waals surface area contributed by atoms with E-state index in [1.54, 1.807) is 0 Å². The molecule has 0 aliphatic carbocycles. The van der Waals surface area contributed by atoms with E-state index in [1.165, 1.54) is 238 Å². The molecule has 0 aliphatic rings. The fraction of sp³-hybridized carbons (Fsp3) is 0.952. The third-order valence-corrected chi connectivity index (χ3v) is 14.6. The van der Waals surface area contributed by atoms with Crippen LogP contribution in [-0.2, 0) is 28.6 Å². The van der Waals surface area contributed by atoms with Crippen LogP contribution in [0, 0.1) is 11.8 Å². The van der Waals surface area contributed by atoms with Crippen LogP contribution in [0.15, 0.2) is 0 Å². The van der Waals surface area contributed by atoms with Crippen molar-refractivity contribution in [2.24, 2.45) is 11.8 Å². The van der Waals surface area contributed by atoms with Crippen molar-refractivity contribution in [1.29, 1.82) is 0 Å². The molecule has 1 unspecified atom stereocenters. The van der Waals surface area contributed by atoms with E-state index in [9.17, 15) is 14.4 Å². The van der Waals surface area contributed by atoms with Gasteiger partial charge in [0, 0.05) is 19.3 Å². The number of unbranched alkanes of at least 4 members (excludes halogenated alkanes) is 40. The maximum absolute atomic E-state index is 12.8. The Labute approximate surface area is 425 Å². The predicted octanol–water partition coefficient (Wildman–Crippen LogP) is 20.4. The van der Waals surface area contributed by atoms with Gasteiger partial charge in [0.2, 0.25) is 0 Å². The molecule has 0 aromatic carbocycles. The van der Waals surface area contributed by atoms with Crippen molar-refractivity contribution >= 4 is 17.9 Å². The first-order valence-corrected chi connectivity index (χ1v) is 30.8. The summed E-state index contributed by atoms with van der Waals surface area (Å²) in [6, 6.07) is 0. The zero-order valence-corrected chi connectivity index (χ0v) is 46.7. The van der Waals surface area contributed by atoms with E-state index in [4.69, 9.17) is 14.2 Å². The van der Waals surface area contributed by atoms with Crippen LogP contribution < -0.4 is 0 Å². The van der Waals surface area contributed by atoms with Gasteiger partial charge in [-0.25, -0.2) is 0 Å². The lowest BCUT2D eigenvalue weighted by Gasteiger charge is -2.18. The van der Waals surface area contributed by atoms with Gasteiger partial charge in [-0.15, -0.1) is 0 Å². The average molecular weight is 962 g/mol. The minimum atomic E-state index is -0.762. The summed E-state index contributed by atoms with van der Waals surface area (Å²) in [5.41, 5.74) is 0. The molecular weight excluding hydrogens is 841 g/mol. The molecule has 2 atom stereocenters. The Bertz CT molecular complexity index is 1040. The normalized spacial score (nSPS) is 12.4. The van der Waals surface area contributed by atoms with Gasteiger partial charge in [-0.3, -0.25) is 14.4 Å². The monoisotopic (exact) mass is 961 g/mol. The number of esters is 3. The van der Waals surface area contributed by atoms with E-state index >= 15 is 0 Å². The molecule has 0 saturated heterocycles. The van der Waals surface area contributed by atoms with Gasteiger partial charge < -0.3 is 14.2 Å². The topological polar surface area (TPSA) is 78.9 Å². The molecule has 68 heavy (non-hydrogen) atoms. The minimum Gasteiger partial charge on any atom is -0.462 e. The third-order valence-electron chi connectivity index (χ3n) is 14.6. The fourth-order valence-corrected chi connectivity index (χ4v) is 9.55. The highest BCUT2D eigenvalue weighted by atomic mass is 16.6. The zero-order valence-electron chi connectivity index (χ0n) is 46.7. The van der Waals surface area contributed by atoms with Gasteiger partial charge in [-0.05, 0) is 31.1 Å². The first-order valence-electron chi connectivity index (χ1n) is 30.8. The smallest absolute Gasteiger partial charge is 0.306 e. The van der Waals surface area contributed by atoms with Gasteiger partial charge in [0.25, 0.3) is 0 Å². The van der Waals surface area contributed by atoms with Gasteiger partial charge in [0.05, 0.1) is 0 Å². The Morgan fingerprint density at radius 3 is 0.838 bits per heavy atom. The van der Waals surface area contributed by atoms with E-state index in [0.29, 0.717) is 19.3 Å². The minimum absolute atomic E-state index is 0.0622. The van der Waals surface area contributed by atoms with Gasteiger partial charge in [0.15, 0.2) is 6.10 Å². The van der Waals surface area contributed by atoms with E-state index in [-0.39, 0.29) is 31.1 Å². The molecule has 0 amide bonds. The van der Waals surface area contributed by atoms with E-state index in [2.05, 4.69) is 34.6 Å². The first-order chi connectivity index (χ1) is 33.3. The summed E-state index contributed by atoms with van der Waals surface area (Å²) >= 11 is 0. The quantitative estimate of drug-likeness (QED) is 0.0343. The second kappa shape index (κ2) is 54.7. The summed E-state index contributed by atoms with van der Waals surface area (Å²) in [4.78, 5) is 38.2. The fourth-order valence-electron chi connectivity index (χ4n) is 9.55. The summed E-state index contributed by atoms with van der Waals surface area (Å²) in [7, 11) is 0. The maximum Gasteiger partial charge on any atom is 0.306 e. The molecule has 0 radical (unpaired) electrons. The molecule has 0 aliphatic heterocycles. The van der Waals surface area contributed by atoms with Crippen LogP contribution in [0.1, 0.15) is 349 Å². The summed E-state index contributed by atoms with van der Waals surface area (Å²) < 4.78 is 16.9. The Morgan fingerprint density at radius 1 is 0.309 bits per heavy atom. The van der Waals surface area contributed by atoms with Gasteiger partial charge >= 0.3 is 17.9 Å². The summed E-state index contributed by atoms with van der Waals surface area (Å²) in [6.07, 6.45) is 59.5. The molecule has 0 spiro atoms. The van der Waals surface area contributed by atoms with Crippen molar-refractivity contribution in [3.8, 4) is 0 Å². The number of hydrogen-bond donors (Lipinski definition) is 0. The van der Waals surface area contributed by atoms with Crippen LogP contribution in [0.25, 0.3) is 0 Å². The summed E-state index contributed by atoms with van der Waals surface area (Å²) in [6.45, 7) is 11.5. The van der Waals surface area contributed by atoms with E-state index < -0.39 is 6.10 Å². The summed E-state index contributed by atoms with van der Waals surface area (Å²) in [5, 5.41) is 0. The van der Waals surface area contributed by atoms with Crippen LogP contribution in [-0.4, -0.2) is 37.2 Å². The standard InChI is InChI=1S/C62H120O6/c1-6-8-9-10-11-12-25-34-39-44-49-54-62(65)68-59(56-67-61(64)53-48-43-38-33-29-24-20-19-22-27-31-36-41-46-51-58(5)7-2)55-66-60(63)52-47-42-37-32-28-23-18-16-14-13-15-17-21-26-30-35-40-45-50-57(3)4/h57-59H,6-56H2,1-5H3/t58?,59-/m0/s1. The van der Waals surface area contributed by atoms with Crippen LogP contribution in [0.5, 0.6) is 0 Å². The average Bonchev–Trinajstić information content (AvgIpc) is 3.32. The summed E-state index contributed by atoms with van der Waals surface area (Å²) in [5.74, 6) is 0.919. The Balaban J connectivity index is 4.20. The molecule has 0 saturated carbocycles. The maximum atomic E-state index is 12.8. The molecule has 0 heterocycles. The Hall–Kier alpha value is -1.59. The van der Waals surface area contributed by atoms with Gasteiger partial charge in [-0.1, -0.05) is 311 Å². The van der Waals surface area contributed by atoms with Crippen molar-refractivity contribution in [1.82, 2.24) is 0 Å². The molecule has 0 aromatic rings. The zero-order chi connectivity index (χ0) is 49.6. The molecule has 6 heteroatoms. The van der Waals surface area contributed by atoms with Gasteiger partial charge in [0.1, 0.15) is 13.2 Å². The number of rotatable bonds is 56. The lowest BCUT2D eigenvalue weighted by Crippen LogP contribution is -2.30. The SMILES string of the molecule is CCCCCCCCCCCCCC(=O)O[C@@H](COC(=O)CCCCCCCCCCCCCCCCCCCCC(C)C)COC(=O)CCCCCCCCCCCCCCCCC(C)CC. The van der Waals surface area contributed by atoms with Crippen LogP contribution in [0.3, 0.4) is 0 Å². The third kappa shape index (κ3) is 53.8. The molecule has 0 bridgehead atoms. The van der Waals surface area contributed by atoms with Crippen LogP contribution >= 0.6 is 0 Å². The predicted molar refractivity (Wildman–Crippen MR) is 293 cm³/mol. The highest BCUT2D eigenvalue weighted by Gasteiger charge is 2.19. The lowest BCUT2D eigenvalue weighted by atomic mass is 9.99. The van der Waals surface area contributed by atoms with Crippen molar-refractivity contribution in [3.63, 3.8) is 0 Å². The number of carbonyl (C=O) groups excluding carboxylic acids is 3. The van der Waals surface area contributed by atoms with Crippen molar-refractivity contribution in [3.05, 3.63) is 0 Å². The Morgan fingerprint density at radius 2 is 0.559 bits per heavy atom.